The molecule has 0 saturated heterocycles. The van der Waals surface area contributed by atoms with Gasteiger partial charge in [0.2, 0.25) is 0 Å². The van der Waals surface area contributed by atoms with Crippen LogP contribution in [0, 0.1) is 0 Å². The van der Waals surface area contributed by atoms with E-state index in [1.807, 2.05) is 30.3 Å². The van der Waals surface area contributed by atoms with Gasteiger partial charge in [0.1, 0.15) is 12.4 Å². The van der Waals surface area contributed by atoms with Crippen molar-refractivity contribution in [3.8, 4) is 11.3 Å². The number of H-pyrrole nitrogens is 1. The third-order valence-electron chi connectivity index (χ3n) is 5.25. The Morgan fingerprint density at radius 2 is 1.94 bits per heavy atom. The number of Topliss-reactive ketones (excluding diaryl/α,β-unsaturated/α-hetero) is 1. The van der Waals surface area contributed by atoms with Gasteiger partial charge in [-0.1, -0.05) is 30.3 Å². The summed E-state index contributed by atoms with van der Waals surface area (Å²) in [7, 11) is 0. The Hall–Kier alpha value is -3.20. The number of hydrogen-bond acceptors (Lipinski definition) is 3. The Labute approximate surface area is 188 Å². The van der Waals surface area contributed by atoms with Crippen molar-refractivity contribution in [2.45, 2.75) is 31.9 Å². The van der Waals surface area contributed by atoms with Crippen molar-refractivity contribution < 1.29 is 18.0 Å². The summed E-state index contributed by atoms with van der Waals surface area (Å²) in [6.07, 6.45) is -0.108. The Balaban J connectivity index is 1.65. The average molecular weight is 459 g/mol. The topological polar surface area (TPSA) is 69.8 Å². The number of carbonyl (C=O) groups is 1. The van der Waals surface area contributed by atoms with E-state index < -0.39 is 12.7 Å². The lowest BCUT2D eigenvalue weighted by molar-refractivity contribution is -0.121. The number of hydrogen-bond donors (Lipinski definition) is 3. The smallest absolute Gasteiger partial charge is 0.358 e. The van der Waals surface area contributed by atoms with Gasteiger partial charge in [0.15, 0.2) is 10.9 Å². The Bertz CT molecular complexity index is 1140. The number of fused-ring (bicyclic) bond motifs is 1. The molecule has 1 aliphatic rings. The Morgan fingerprint density at radius 3 is 2.69 bits per heavy atom. The fourth-order valence-corrected chi connectivity index (χ4v) is 4.07. The number of aryl methyl sites for hydroxylation is 1. The molecule has 0 atom stereocenters. The number of thiocarbonyl (C=S) groups is 1. The second kappa shape index (κ2) is 9.12. The van der Waals surface area contributed by atoms with E-state index >= 15 is 0 Å². The zero-order chi connectivity index (χ0) is 22.7. The summed E-state index contributed by atoms with van der Waals surface area (Å²) in [4.78, 5) is 20.3. The number of halogens is 3. The summed E-state index contributed by atoms with van der Waals surface area (Å²) < 4.78 is 37.2. The molecule has 0 amide bonds. The number of nitrogens with one attached hydrogen (secondary N) is 3. The Kier molecular flexibility index (Phi) is 6.27. The predicted octanol–water partition coefficient (Wildman–Crippen LogP) is 5.04. The molecule has 5 nitrogen and oxygen atoms in total. The van der Waals surface area contributed by atoms with Crippen molar-refractivity contribution in [3.63, 3.8) is 0 Å². The molecule has 3 aromatic rings. The molecule has 1 aliphatic carbocycles. The molecule has 0 fully saturated rings. The van der Waals surface area contributed by atoms with Crippen LogP contribution in [0.5, 0.6) is 0 Å². The van der Waals surface area contributed by atoms with Crippen molar-refractivity contribution in [1.82, 2.24) is 15.3 Å². The third kappa shape index (κ3) is 5.16. The van der Waals surface area contributed by atoms with Crippen molar-refractivity contribution >= 4 is 28.9 Å². The minimum atomic E-state index is -4.37. The number of ketones is 1. The molecule has 0 aliphatic heterocycles. The standard InChI is InChI=1S/C23H21F3N4OS/c24-23(25,26)13-28-22(32)30-19-12-15(9-10-27-19)21-16(11-14-5-2-1-3-6-14)20-17(29-21)7-4-8-18(20)31/h1-3,5-6,9-10,12,29H,4,7-8,11,13H2,(H2,27,28,30,32). The van der Waals surface area contributed by atoms with E-state index in [-0.39, 0.29) is 10.9 Å². The van der Waals surface area contributed by atoms with Crippen LogP contribution in [0.3, 0.4) is 0 Å². The van der Waals surface area contributed by atoms with Gasteiger partial charge < -0.3 is 15.6 Å². The summed E-state index contributed by atoms with van der Waals surface area (Å²) in [5.74, 6) is 0.441. The molecule has 1 aromatic carbocycles. The lowest BCUT2D eigenvalue weighted by atomic mass is 9.90. The van der Waals surface area contributed by atoms with Crippen molar-refractivity contribution in [2.24, 2.45) is 0 Å². The first-order valence-electron chi connectivity index (χ1n) is 10.2. The van der Waals surface area contributed by atoms with E-state index in [0.717, 1.165) is 46.5 Å². The molecule has 0 unspecified atom stereocenters. The number of rotatable bonds is 5. The van der Waals surface area contributed by atoms with Gasteiger partial charge in [-0.2, -0.15) is 13.2 Å². The van der Waals surface area contributed by atoms with Crippen molar-refractivity contribution in [1.29, 1.82) is 0 Å². The number of carbonyl (C=O) groups excluding carboxylic acids is 1. The lowest BCUT2D eigenvalue weighted by Crippen LogP contribution is -2.36. The first kappa shape index (κ1) is 22.0. The highest BCUT2D eigenvalue weighted by molar-refractivity contribution is 7.80. The van der Waals surface area contributed by atoms with Gasteiger partial charge in [-0.25, -0.2) is 4.98 Å². The normalized spacial score (nSPS) is 13.5. The minimum absolute atomic E-state index is 0.129. The Morgan fingerprint density at radius 1 is 1.16 bits per heavy atom. The number of anilines is 1. The van der Waals surface area contributed by atoms with Gasteiger partial charge in [-0.3, -0.25) is 4.79 Å². The molecular weight excluding hydrogens is 437 g/mol. The first-order chi connectivity index (χ1) is 15.3. The molecule has 2 aromatic heterocycles. The van der Waals surface area contributed by atoms with E-state index in [4.69, 9.17) is 12.2 Å². The van der Waals surface area contributed by atoms with Gasteiger partial charge in [-0.15, -0.1) is 0 Å². The molecule has 2 heterocycles. The molecule has 0 saturated carbocycles. The molecule has 9 heteroatoms. The summed E-state index contributed by atoms with van der Waals surface area (Å²) >= 11 is 4.95. The zero-order valence-electron chi connectivity index (χ0n) is 17.1. The first-order valence-corrected chi connectivity index (χ1v) is 10.6. The lowest BCUT2D eigenvalue weighted by Gasteiger charge is -2.13. The maximum Gasteiger partial charge on any atom is 0.405 e. The molecule has 0 bridgehead atoms. The number of nitrogens with zero attached hydrogens (tertiary/aromatic N) is 1. The van der Waals surface area contributed by atoms with Crippen LogP contribution >= 0.6 is 12.2 Å². The van der Waals surface area contributed by atoms with Gasteiger partial charge in [0.05, 0.1) is 5.69 Å². The number of pyridine rings is 1. The van der Waals surface area contributed by atoms with E-state index in [1.54, 1.807) is 18.3 Å². The van der Waals surface area contributed by atoms with Crippen LogP contribution in [0.4, 0.5) is 19.0 Å². The van der Waals surface area contributed by atoms with Gasteiger partial charge in [0.25, 0.3) is 0 Å². The fourth-order valence-electron chi connectivity index (χ4n) is 3.89. The number of benzene rings is 1. The zero-order valence-corrected chi connectivity index (χ0v) is 17.9. The van der Waals surface area contributed by atoms with E-state index in [0.29, 0.717) is 18.7 Å². The molecule has 32 heavy (non-hydrogen) atoms. The highest BCUT2D eigenvalue weighted by atomic mass is 32.1. The second-order valence-electron chi connectivity index (χ2n) is 7.62. The molecule has 4 rings (SSSR count). The third-order valence-corrected chi connectivity index (χ3v) is 5.50. The van der Waals surface area contributed by atoms with Gasteiger partial charge >= 0.3 is 6.18 Å². The van der Waals surface area contributed by atoms with Crippen LogP contribution in [-0.4, -0.2) is 33.6 Å². The summed E-state index contributed by atoms with van der Waals surface area (Å²) in [5, 5.41) is 4.65. The summed E-state index contributed by atoms with van der Waals surface area (Å²) in [5.41, 5.74) is 5.27. The quantitative estimate of drug-likeness (QED) is 0.468. The summed E-state index contributed by atoms with van der Waals surface area (Å²) in [6, 6.07) is 13.4. The van der Waals surface area contributed by atoms with Crippen LogP contribution in [0.2, 0.25) is 0 Å². The molecule has 166 valence electrons. The van der Waals surface area contributed by atoms with Crippen LogP contribution in [0.1, 0.15) is 40.0 Å². The SMILES string of the molecule is O=C1CCCc2[nH]c(-c3ccnc(NC(=S)NCC(F)(F)F)c3)c(Cc3ccccc3)c21. The minimum Gasteiger partial charge on any atom is -0.358 e. The van der Waals surface area contributed by atoms with E-state index in [1.165, 1.54) is 0 Å². The van der Waals surface area contributed by atoms with Crippen LogP contribution in [0.15, 0.2) is 48.7 Å². The van der Waals surface area contributed by atoms with Crippen LogP contribution < -0.4 is 10.6 Å². The molecule has 0 spiro atoms. The number of alkyl halides is 3. The highest BCUT2D eigenvalue weighted by Gasteiger charge is 2.28. The number of aromatic amines is 1. The second-order valence-corrected chi connectivity index (χ2v) is 8.03. The van der Waals surface area contributed by atoms with E-state index in [2.05, 4.69) is 20.6 Å². The molecule has 3 N–H and O–H groups in total. The van der Waals surface area contributed by atoms with Crippen molar-refractivity contribution in [2.75, 3.05) is 11.9 Å². The maximum atomic E-state index is 12.7. The highest BCUT2D eigenvalue weighted by Crippen LogP contribution is 2.35. The largest absolute Gasteiger partial charge is 0.405 e. The maximum absolute atomic E-state index is 12.7. The van der Waals surface area contributed by atoms with Gasteiger partial charge in [-0.05, 0) is 48.3 Å². The van der Waals surface area contributed by atoms with Gasteiger partial charge in [0, 0.05) is 35.9 Å². The van der Waals surface area contributed by atoms with Crippen LogP contribution in [-0.2, 0) is 12.8 Å². The molecule has 0 radical (unpaired) electrons. The predicted molar refractivity (Wildman–Crippen MR) is 121 cm³/mol. The average Bonchev–Trinajstić information content (AvgIpc) is 3.12. The van der Waals surface area contributed by atoms with Crippen molar-refractivity contribution in [3.05, 3.63) is 71.0 Å². The molecular formula is C23H21F3N4OS. The summed E-state index contributed by atoms with van der Waals surface area (Å²) in [6.45, 7) is -1.23. The van der Waals surface area contributed by atoms with E-state index in [9.17, 15) is 18.0 Å². The monoisotopic (exact) mass is 458 g/mol. The fraction of sp³-hybridized carbons (Fsp3) is 0.261. The number of aromatic nitrogens is 2. The van der Waals surface area contributed by atoms with Crippen LogP contribution in [0.25, 0.3) is 11.3 Å².